The Bertz CT molecular complexity index is 437. The number of nitrogen functional groups attached to an aromatic ring is 1. The molecule has 0 atom stereocenters. The number of hydrogen-bond donors (Lipinski definition) is 3. The van der Waals surface area contributed by atoms with Crippen LogP contribution in [-0.4, -0.2) is 16.6 Å². The van der Waals surface area contributed by atoms with E-state index in [2.05, 4.69) is 12.2 Å². The van der Waals surface area contributed by atoms with Crippen molar-refractivity contribution in [2.45, 2.75) is 38.1 Å². The molecule has 0 radical (unpaired) electrons. The van der Waals surface area contributed by atoms with Gasteiger partial charge < -0.3 is 16.2 Å². The van der Waals surface area contributed by atoms with E-state index >= 15 is 0 Å². The summed E-state index contributed by atoms with van der Waals surface area (Å²) in [5, 5.41) is 12.5. The fourth-order valence-corrected chi connectivity index (χ4v) is 2.46. The van der Waals surface area contributed by atoms with Gasteiger partial charge in [0.05, 0.1) is 11.3 Å². The van der Waals surface area contributed by atoms with E-state index < -0.39 is 5.97 Å². The first kappa shape index (κ1) is 11.8. The summed E-state index contributed by atoms with van der Waals surface area (Å²) >= 11 is 0. The van der Waals surface area contributed by atoms with Gasteiger partial charge in [-0.15, -0.1) is 0 Å². The van der Waals surface area contributed by atoms with Gasteiger partial charge in [0.15, 0.2) is 0 Å². The van der Waals surface area contributed by atoms with Crippen molar-refractivity contribution in [3.63, 3.8) is 0 Å². The average Bonchev–Trinajstić information content (AvgIpc) is 2.64. The first-order valence-electron chi connectivity index (χ1n) is 5.91. The zero-order valence-corrected chi connectivity index (χ0v) is 9.99. The standard InChI is InChI=1S/C13H18N2O2/c1-13(6-2-3-7-13)15-11-8-9(14)4-5-10(11)12(16)17/h4-5,8,15H,2-3,6-7,14H2,1H3,(H,16,17). The second kappa shape index (κ2) is 4.28. The number of carbonyl (C=O) groups is 1. The fraction of sp³-hybridized carbons (Fsp3) is 0.462. The number of nitrogens with two attached hydrogens (primary N) is 1. The number of benzene rings is 1. The summed E-state index contributed by atoms with van der Waals surface area (Å²) in [5.41, 5.74) is 7.20. The van der Waals surface area contributed by atoms with E-state index in [1.54, 1.807) is 18.2 Å². The van der Waals surface area contributed by atoms with Gasteiger partial charge in [-0.2, -0.15) is 0 Å². The molecule has 0 aliphatic heterocycles. The highest BCUT2D eigenvalue weighted by molar-refractivity contribution is 5.95. The molecule has 1 aromatic carbocycles. The quantitative estimate of drug-likeness (QED) is 0.703. The molecular formula is C13H18N2O2. The summed E-state index contributed by atoms with van der Waals surface area (Å²) in [6.07, 6.45) is 4.52. The topological polar surface area (TPSA) is 75.3 Å². The predicted molar refractivity (Wildman–Crippen MR) is 68.3 cm³/mol. The summed E-state index contributed by atoms with van der Waals surface area (Å²) in [6, 6.07) is 4.87. The van der Waals surface area contributed by atoms with Gasteiger partial charge >= 0.3 is 5.97 Å². The van der Waals surface area contributed by atoms with Gasteiger partial charge in [-0.1, -0.05) is 12.8 Å². The molecule has 2 rings (SSSR count). The molecule has 4 N–H and O–H groups in total. The lowest BCUT2D eigenvalue weighted by Crippen LogP contribution is -2.31. The van der Waals surface area contributed by atoms with Crippen LogP contribution in [0.1, 0.15) is 43.0 Å². The second-order valence-electron chi connectivity index (χ2n) is 5.00. The summed E-state index contributed by atoms with van der Waals surface area (Å²) in [5.74, 6) is -0.922. The van der Waals surface area contributed by atoms with Gasteiger partial charge in [0.25, 0.3) is 0 Å². The van der Waals surface area contributed by atoms with Crippen LogP contribution < -0.4 is 11.1 Å². The van der Waals surface area contributed by atoms with Gasteiger partial charge in [0.1, 0.15) is 0 Å². The van der Waals surface area contributed by atoms with E-state index in [9.17, 15) is 4.79 Å². The van der Waals surface area contributed by atoms with Crippen molar-refractivity contribution in [3.05, 3.63) is 23.8 Å². The molecule has 1 aliphatic rings. The number of nitrogens with one attached hydrogen (secondary N) is 1. The van der Waals surface area contributed by atoms with Gasteiger partial charge in [0.2, 0.25) is 0 Å². The molecule has 92 valence electrons. The molecule has 1 aliphatic carbocycles. The molecule has 0 unspecified atom stereocenters. The smallest absolute Gasteiger partial charge is 0.337 e. The fourth-order valence-electron chi connectivity index (χ4n) is 2.46. The Hall–Kier alpha value is -1.71. The van der Waals surface area contributed by atoms with Crippen LogP contribution in [0.25, 0.3) is 0 Å². The molecule has 17 heavy (non-hydrogen) atoms. The van der Waals surface area contributed by atoms with E-state index in [0.717, 1.165) is 12.8 Å². The lowest BCUT2D eigenvalue weighted by Gasteiger charge is -2.27. The largest absolute Gasteiger partial charge is 0.478 e. The van der Waals surface area contributed by atoms with Crippen LogP contribution >= 0.6 is 0 Å². The van der Waals surface area contributed by atoms with Crippen LogP contribution in [0.2, 0.25) is 0 Å². The Labute approximate surface area is 101 Å². The zero-order chi connectivity index (χ0) is 12.5. The predicted octanol–water partition coefficient (Wildman–Crippen LogP) is 2.71. The van der Waals surface area contributed by atoms with E-state index in [0.29, 0.717) is 11.4 Å². The van der Waals surface area contributed by atoms with E-state index in [-0.39, 0.29) is 11.1 Å². The summed E-state index contributed by atoms with van der Waals surface area (Å²) in [4.78, 5) is 11.1. The maximum absolute atomic E-state index is 11.1. The van der Waals surface area contributed by atoms with Crippen LogP contribution in [0.5, 0.6) is 0 Å². The third kappa shape index (κ3) is 2.52. The molecule has 0 spiro atoms. The van der Waals surface area contributed by atoms with E-state index in [1.165, 1.54) is 12.8 Å². The van der Waals surface area contributed by atoms with E-state index in [1.807, 2.05) is 0 Å². The Morgan fingerprint density at radius 3 is 2.65 bits per heavy atom. The number of anilines is 2. The first-order valence-corrected chi connectivity index (χ1v) is 5.91. The number of carboxylic acid groups (broad SMARTS) is 1. The third-order valence-electron chi connectivity index (χ3n) is 3.42. The van der Waals surface area contributed by atoms with Crippen LogP contribution in [0.15, 0.2) is 18.2 Å². The van der Waals surface area contributed by atoms with Crippen LogP contribution in [0.3, 0.4) is 0 Å². The van der Waals surface area contributed by atoms with Crippen LogP contribution in [0, 0.1) is 0 Å². The monoisotopic (exact) mass is 234 g/mol. The maximum atomic E-state index is 11.1. The Kier molecular flexibility index (Phi) is 2.96. The highest BCUT2D eigenvalue weighted by Gasteiger charge is 2.29. The van der Waals surface area contributed by atoms with Gasteiger partial charge in [-0.05, 0) is 38.0 Å². The van der Waals surface area contributed by atoms with Crippen molar-refractivity contribution in [3.8, 4) is 0 Å². The molecule has 4 heteroatoms. The number of carboxylic acids is 1. The Morgan fingerprint density at radius 2 is 2.06 bits per heavy atom. The van der Waals surface area contributed by atoms with Gasteiger partial charge in [0, 0.05) is 11.2 Å². The molecule has 1 aromatic rings. The van der Waals surface area contributed by atoms with Crippen molar-refractivity contribution >= 4 is 17.3 Å². The highest BCUT2D eigenvalue weighted by atomic mass is 16.4. The SMILES string of the molecule is CC1(Nc2cc(N)ccc2C(=O)O)CCCC1. The van der Waals surface area contributed by atoms with Crippen LogP contribution in [-0.2, 0) is 0 Å². The van der Waals surface area contributed by atoms with Crippen LogP contribution in [0.4, 0.5) is 11.4 Å². The lowest BCUT2D eigenvalue weighted by molar-refractivity contribution is 0.0698. The minimum atomic E-state index is -0.922. The molecule has 1 saturated carbocycles. The third-order valence-corrected chi connectivity index (χ3v) is 3.42. The molecule has 0 heterocycles. The average molecular weight is 234 g/mol. The zero-order valence-electron chi connectivity index (χ0n) is 9.99. The second-order valence-corrected chi connectivity index (χ2v) is 5.00. The van der Waals surface area contributed by atoms with Crippen molar-refractivity contribution in [2.75, 3.05) is 11.1 Å². The summed E-state index contributed by atoms with van der Waals surface area (Å²) in [7, 11) is 0. The van der Waals surface area contributed by atoms with Crippen molar-refractivity contribution < 1.29 is 9.90 Å². The normalized spacial score (nSPS) is 17.9. The van der Waals surface area contributed by atoms with Crippen molar-refractivity contribution in [1.82, 2.24) is 0 Å². The van der Waals surface area contributed by atoms with Gasteiger partial charge in [-0.25, -0.2) is 4.79 Å². The first-order chi connectivity index (χ1) is 8.00. The molecule has 1 fully saturated rings. The highest BCUT2D eigenvalue weighted by Crippen LogP contribution is 2.34. The number of hydrogen-bond acceptors (Lipinski definition) is 3. The molecule has 0 aromatic heterocycles. The van der Waals surface area contributed by atoms with Crippen molar-refractivity contribution in [1.29, 1.82) is 0 Å². The summed E-state index contributed by atoms with van der Waals surface area (Å²) in [6.45, 7) is 2.13. The molecular weight excluding hydrogens is 216 g/mol. The maximum Gasteiger partial charge on any atom is 0.337 e. The molecule has 0 amide bonds. The minimum Gasteiger partial charge on any atom is -0.478 e. The number of aromatic carboxylic acids is 1. The number of rotatable bonds is 3. The Balaban J connectivity index is 2.30. The van der Waals surface area contributed by atoms with Gasteiger partial charge in [-0.3, -0.25) is 0 Å². The van der Waals surface area contributed by atoms with E-state index in [4.69, 9.17) is 10.8 Å². The Morgan fingerprint density at radius 1 is 1.41 bits per heavy atom. The molecule has 4 nitrogen and oxygen atoms in total. The molecule has 0 bridgehead atoms. The lowest BCUT2D eigenvalue weighted by atomic mass is 9.99. The minimum absolute atomic E-state index is 0.00199. The summed E-state index contributed by atoms with van der Waals surface area (Å²) < 4.78 is 0. The molecule has 0 saturated heterocycles. The van der Waals surface area contributed by atoms with Crippen molar-refractivity contribution in [2.24, 2.45) is 0 Å².